The number of rotatable bonds is 5. The first-order valence-electron chi connectivity index (χ1n) is 21.8. The Hall–Kier alpha value is -7.21. The van der Waals surface area contributed by atoms with Crippen LogP contribution in [-0.2, 0) is 5.41 Å². The molecule has 0 aliphatic heterocycles. The van der Waals surface area contributed by atoms with Crippen molar-refractivity contribution in [3.05, 3.63) is 193 Å². The van der Waals surface area contributed by atoms with Gasteiger partial charge in [0.15, 0.2) is 17.5 Å². The third-order valence-electron chi connectivity index (χ3n) is 13.7. The maximum absolute atomic E-state index is 5.23. The van der Waals surface area contributed by atoms with Crippen LogP contribution < -0.4 is 0 Å². The third-order valence-corrected chi connectivity index (χ3v) is 14.8. The molecule has 1 saturated carbocycles. The van der Waals surface area contributed by atoms with Crippen molar-refractivity contribution in [2.75, 3.05) is 0 Å². The second-order valence-corrected chi connectivity index (χ2v) is 18.1. The van der Waals surface area contributed by atoms with Gasteiger partial charge in [0.25, 0.3) is 0 Å². The third kappa shape index (κ3) is 5.48. The number of nitrogens with zero attached hydrogens (tertiary/aromatic N) is 4. The van der Waals surface area contributed by atoms with Gasteiger partial charge >= 0.3 is 0 Å². The highest BCUT2D eigenvalue weighted by molar-refractivity contribution is 7.25. The largest absolute Gasteiger partial charge is 0.309 e. The van der Waals surface area contributed by atoms with Gasteiger partial charge in [0, 0.05) is 58.7 Å². The van der Waals surface area contributed by atoms with Crippen molar-refractivity contribution < 1.29 is 0 Å². The van der Waals surface area contributed by atoms with E-state index in [1.165, 1.54) is 108 Å². The average Bonchev–Trinajstić information content (AvgIpc) is 3.96. The van der Waals surface area contributed by atoms with Crippen LogP contribution in [0.1, 0.15) is 43.2 Å². The smallest absolute Gasteiger partial charge is 0.164 e. The lowest BCUT2D eigenvalue weighted by molar-refractivity contribution is 0.353. The number of hydrogen-bond acceptors (Lipinski definition) is 4. The molecule has 0 saturated heterocycles. The minimum absolute atomic E-state index is 0.0458. The van der Waals surface area contributed by atoms with Gasteiger partial charge in [-0.1, -0.05) is 153 Å². The summed E-state index contributed by atoms with van der Waals surface area (Å²) in [6.07, 6.45) is 6.20. The Bertz CT molecular complexity index is 3540. The van der Waals surface area contributed by atoms with E-state index in [0.29, 0.717) is 17.5 Å². The number of fused-ring (bicyclic) bond motifs is 11. The van der Waals surface area contributed by atoms with E-state index in [0.717, 1.165) is 22.3 Å². The Kier molecular flexibility index (Phi) is 7.98. The molecule has 13 rings (SSSR count). The van der Waals surface area contributed by atoms with Crippen molar-refractivity contribution in [2.24, 2.45) is 0 Å². The highest BCUT2D eigenvalue weighted by Gasteiger charge is 2.44. The molecule has 4 nitrogen and oxygen atoms in total. The van der Waals surface area contributed by atoms with E-state index >= 15 is 0 Å². The molecule has 2 aliphatic carbocycles. The Morgan fingerprint density at radius 3 is 1.77 bits per heavy atom. The van der Waals surface area contributed by atoms with Crippen LogP contribution in [0.4, 0.5) is 0 Å². The molecule has 2 aliphatic rings. The highest BCUT2D eigenvalue weighted by atomic mass is 32.1. The van der Waals surface area contributed by atoms with Crippen LogP contribution >= 0.6 is 11.3 Å². The van der Waals surface area contributed by atoms with Crippen LogP contribution in [0, 0.1) is 0 Å². The molecule has 11 aromatic rings. The minimum Gasteiger partial charge on any atom is -0.309 e. The zero-order valence-electron chi connectivity index (χ0n) is 34.1. The van der Waals surface area contributed by atoms with Gasteiger partial charge in [0.2, 0.25) is 0 Å². The molecule has 3 heterocycles. The van der Waals surface area contributed by atoms with Crippen LogP contribution in [0.25, 0.3) is 104 Å². The molecule has 0 unspecified atom stereocenters. The summed E-state index contributed by atoms with van der Waals surface area (Å²) in [5, 5.41) is 5.09. The Balaban J connectivity index is 1.04. The number of hydrogen-bond donors (Lipinski definition) is 0. The van der Waals surface area contributed by atoms with Crippen LogP contribution in [0.2, 0.25) is 0 Å². The summed E-state index contributed by atoms with van der Waals surface area (Å²) in [5.41, 5.74) is 14.6. The van der Waals surface area contributed by atoms with Gasteiger partial charge in [0.05, 0.1) is 11.0 Å². The molecule has 0 N–H and O–H groups in total. The molecule has 0 bridgehead atoms. The molecule has 0 atom stereocenters. The van der Waals surface area contributed by atoms with Crippen molar-refractivity contribution in [2.45, 2.75) is 37.5 Å². The van der Waals surface area contributed by atoms with Crippen LogP contribution in [0.15, 0.2) is 182 Å². The molecular formula is C57H40N4S. The van der Waals surface area contributed by atoms with Gasteiger partial charge in [-0.05, 0) is 94.8 Å². The van der Waals surface area contributed by atoms with Crippen molar-refractivity contribution in [3.63, 3.8) is 0 Å². The van der Waals surface area contributed by atoms with E-state index in [2.05, 4.69) is 168 Å². The lowest BCUT2D eigenvalue weighted by atomic mass is 9.68. The van der Waals surface area contributed by atoms with Crippen LogP contribution in [-0.4, -0.2) is 19.5 Å². The predicted molar refractivity (Wildman–Crippen MR) is 258 cm³/mol. The van der Waals surface area contributed by atoms with E-state index < -0.39 is 0 Å². The number of aromatic nitrogens is 4. The maximum atomic E-state index is 5.23. The summed E-state index contributed by atoms with van der Waals surface area (Å²) >= 11 is 1.87. The Morgan fingerprint density at radius 1 is 0.387 bits per heavy atom. The summed E-state index contributed by atoms with van der Waals surface area (Å²) in [5.74, 6) is 1.97. The van der Waals surface area contributed by atoms with Gasteiger partial charge in [0.1, 0.15) is 0 Å². The van der Waals surface area contributed by atoms with E-state index in [1.807, 2.05) is 29.5 Å². The monoisotopic (exact) mass is 812 g/mol. The maximum Gasteiger partial charge on any atom is 0.164 e. The molecule has 294 valence electrons. The first-order chi connectivity index (χ1) is 30.7. The fourth-order valence-corrected chi connectivity index (χ4v) is 11.9. The minimum atomic E-state index is 0.0458. The summed E-state index contributed by atoms with van der Waals surface area (Å²) in [6, 6.07) is 66.2. The fraction of sp³-hybridized carbons (Fsp3) is 0.105. The van der Waals surface area contributed by atoms with Crippen molar-refractivity contribution in [1.82, 2.24) is 19.5 Å². The predicted octanol–water partition coefficient (Wildman–Crippen LogP) is 15.2. The summed E-state index contributed by atoms with van der Waals surface area (Å²) in [7, 11) is 0. The Labute approximate surface area is 363 Å². The summed E-state index contributed by atoms with van der Waals surface area (Å²) < 4.78 is 5.11. The number of thiophene rings is 1. The molecule has 0 amide bonds. The fourth-order valence-electron chi connectivity index (χ4n) is 10.7. The Morgan fingerprint density at radius 2 is 0.984 bits per heavy atom. The summed E-state index contributed by atoms with van der Waals surface area (Å²) in [4.78, 5) is 15.5. The van der Waals surface area contributed by atoms with Crippen molar-refractivity contribution in [3.8, 4) is 62.1 Å². The molecular weight excluding hydrogens is 773 g/mol. The van der Waals surface area contributed by atoms with Crippen LogP contribution in [0.3, 0.4) is 0 Å². The van der Waals surface area contributed by atoms with Crippen molar-refractivity contribution >= 4 is 53.3 Å². The first kappa shape index (κ1) is 35.5. The standard InChI is InChI=1S/C57H40N4S/c1-4-14-36(15-5-1)37-22-24-39(25-23-37)55-58-54(38-16-6-2-7-17-38)59-56(60-55)40-26-29-50-46(32-40)47-34-49-45(42-18-8-10-20-48(42)57(49)30-12-3-13-31-57)35-51(47)61(50)41-27-28-44-43-19-9-11-21-52(43)62-53(44)33-41/h1-2,4-11,14-29,32-35H,3,12-13,30-31H2. The van der Waals surface area contributed by atoms with E-state index in [4.69, 9.17) is 15.0 Å². The number of benzene rings is 8. The van der Waals surface area contributed by atoms with Crippen molar-refractivity contribution in [1.29, 1.82) is 0 Å². The lowest BCUT2D eigenvalue weighted by Crippen LogP contribution is -2.27. The second kappa shape index (κ2) is 13.9. The molecule has 62 heavy (non-hydrogen) atoms. The normalized spacial score (nSPS) is 14.3. The second-order valence-electron chi connectivity index (χ2n) is 17.1. The zero-order valence-corrected chi connectivity index (χ0v) is 34.9. The van der Waals surface area contributed by atoms with Gasteiger partial charge in [-0.25, -0.2) is 15.0 Å². The first-order valence-corrected chi connectivity index (χ1v) is 22.6. The molecule has 5 heteroatoms. The van der Waals surface area contributed by atoms with Gasteiger partial charge in [-0.15, -0.1) is 11.3 Å². The average molecular weight is 813 g/mol. The van der Waals surface area contributed by atoms with Gasteiger partial charge < -0.3 is 4.57 Å². The molecule has 3 aromatic heterocycles. The molecule has 8 aromatic carbocycles. The quantitative estimate of drug-likeness (QED) is 0.174. The van der Waals surface area contributed by atoms with Gasteiger partial charge in [-0.2, -0.15) is 0 Å². The summed E-state index contributed by atoms with van der Waals surface area (Å²) in [6.45, 7) is 0. The molecule has 1 spiro atoms. The van der Waals surface area contributed by atoms with E-state index in [9.17, 15) is 0 Å². The zero-order chi connectivity index (χ0) is 40.8. The van der Waals surface area contributed by atoms with Gasteiger partial charge in [-0.3, -0.25) is 0 Å². The molecule has 1 fully saturated rings. The topological polar surface area (TPSA) is 43.6 Å². The molecule has 0 radical (unpaired) electrons. The lowest BCUT2D eigenvalue weighted by Gasteiger charge is -2.36. The van der Waals surface area contributed by atoms with E-state index in [1.54, 1.807) is 0 Å². The highest BCUT2D eigenvalue weighted by Crippen LogP contribution is 2.57. The SMILES string of the molecule is c1ccc(-c2ccc(-c3nc(-c4ccccc4)nc(-c4ccc5c(c4)c4cc6c(cc4n5-c4ccc5c(c4)sc4ccccc45)-c4ccccc4C64CCCCC4)n3)cc2)cc1. The van der Waals surface area contributed by atoms with E-state index in [-0.39, 0.29) is 5.41 Å². The van der Waals surface area contributed by atoms with Crippen LogP contribution in [0.5, 0.6) is 0 Å².